The van der Waals surface area contributed by atoms with Crippen LogP contribution in [-0.4, -0.2) is 65.1 Å². The second-order valence-corrected chi connectivity index (χ2v) is 10.1. The lowest BCUT2D eigenvalue weighted by Gasteiger charge is -2.30. The van der Waals surface area contributed by atoms with Crippen molar-refractivity contribution in [2.45, 2.75) is 25.8 Å². The number of aromatic nitrogens is 4. The van der Waals surface area contributed by atoms with Gasteiger partial charge in [-0.3, -0.25) is 0 Å². The number of ether oxygens (including phenoxy) is 1. The number of para-hydroxylation sites is 1. The van der Waals surface area contributed by atoms with Crippen molar-refractivity contribution in [1.82, 2.24) is 19.5 Å². The van der Waals surface area contributed by atoms with Crippen molar-refractivity contribution in [2.24, 2.45) is 5.10 Å². The summed E-state index contributed by atoms with van der Waals surface area (Å²) in [6.45, 7) is 5.54. The van der Waals surface area contributed by atoms with Crippen molar-refractivity contribution in [3.05, 3.63) is 70.9 Å². The Hall–Kier alpha value is -3.69. The van der Waals surface area contributed by atoms with Gasteiger partial charge < -0.3 is 19.1 Å². The molecule has 2 fully saturated rings. The molecule has 38 heavy (non-hydrogen) atoms. The van der Waals surface area contributed by atoms with Gasteiger partial charge in [0.25, 0.3) is 0 Å². The summed E-state index contributed by atoms with van der Waals surface area (Å²) in [5.41, 5.74) is 6.42. The molecule has 4 aromatic rings. The van der Waals surface area contributed by atoms with Crippen LogP contribution < -0.4 is 15.2 Å². The smallest absolute Gasteiger partial charge is 0.250 e. The molecular weight excluding hydrogens is 500 g/mol. The number of fused-ring (bicyclic) bond motifs is 1. The third-order valence-corrected chi connectivity index (χ3v) is 7.25. The lowest BCUT2D eigenvalue weighted by atomic mass is 10.1. The number of hydrogen-bond acceptors (Lipinski definition) is 8. The first kappa shape index (κ1) is 24.6. The Morgan fingerprint density at radius 2 is 1.58 bits per heavy atom. The average molecular weight is 531 g/mol. The number of rotatable bonds is 7. The van der Waals surface area contributed by atoms with E-state index < -0.39 is 0 Å². The number of benzene rings is 2. The van der Waals surface area contributed by atoms with Gasteiger partial charge in [0.15, 0.2) is 0 Å². The fourth-order valence-electron chi connectivity index (χ4n) is 5.00. The Morgan fingerprint density at radius 1 is 0.868 bits per heavy atom. The largest absolute Gasteiger partial charge is 0.378 e. The van der Waals surface area contributed by atoms with E-state index in [1.54, 1.807) is 0 Å². The summed E-state index contributed by atoms with van der Waals surface area (Å²) >= 11 is 6.07. The highest BCUT2D eigenvalue weighted by molar-refractivity contribution is 6.30. The van der Waals surface area contributed by atoms with Crippen LogP contribution >= 0.6 is 11.6 Å². The highest BCUT2D eigenvalue weighted by Crippen LogP contribution is 2.23. The Balaban J connectivity index is 1.25. The monoisotopic (exact) mass is 530 g/mol. The molecule has 196 valence electrons. The van der Waals surface area contributed by atoms with Gasteiger partial charge in [0, 0.05) is 60.4 Å². The first-order chi connectivity index (χ1) is 18.7. The first-order valence-corrected chi connectivity index (χ1v) is 13.6. The molecule has 0 amide bonds. The molecule has 0 atom stereocenters. The topological polar surface area (TPSA) is 83.7 Å². The van der Waals surface area contributed by atoms with E-state index in [2.05, 4.69) is 61.4 Å². The van der Waals surface area contributed by atoms with Gasteiger partial charge in [0.05, 0.1) is 19.4 Å². The van der Waals surface area contributed by atoms with Crippen LogP contribution in [0.1, 0.15) is 30.4 Å². The predicted octanol–water partition coefficient (Wildman–Crippen LogP) is 4.80. The zero-order valence-electron chi connectivity index (χ0n) is 21.3. The fraction of sp³-hybridized carbons (Fsp3) is 0.357. The Kier molecular flexibility index (Phi) is 7.37. The van der Waals surface area contributed by atoms with Crippen LogP contribution in [0.5, 0.6) is 0 Å². The van der Waals surface area contributed by atoms with Gasteiger partial charge in [-0.25, -0.2) is 5.43 Å². The van der Waals surface area contributed by atoms with Gasteiger partial charge >= 0.3 is 0 Å². The van der Waals surface area contributed by atoms with E-state index in [1.165, 1.54) is 12.0 Å². The van der Waals surface area contributed by atoms with Crippen LogP contribution in [0.2, 0.25) is 5.02 Å². The van der Waals surface area contributed by atoms with E-state index in [0.29, 0.717) is 31.1 Å². The Morgan fingerprint density at radius 3 is 2.34 bits per heavy atom. The zero-order valence-corrected chi connectivity index (χ0v) is 22.0. The van der Waals surface area contributed by atoms with Gasteiger partial charge in [-0.15, -0.1) is 0 Å². The normalized spacial score (nSPS) is 16.4. The molecule has 0 saturated carbocycles. The van der Waals surface area contributed by atoms with E-state index in [9.17, 15) is 0 Å². The van der Waals surface area contributed by atoms with Crippen LogP contribution in [0.4, 0.5) is 17.8 Å². The number of hydrogen-bond donors (Lipinski definition) is 1. The predicted molar refractivity (Wildman–Crippen MR) is 153 cm³/mol. The molecular formula is C28H31ClN8O. The second-order valence-electron chi connectivity index (χ2n) is 9.63. The lowest BCUT2D eigenvalue weighted by molar-refractivity contribution is 0.122. The number of piperidine rings is 1. The first-order valence-electron chi connectivity index (χ1n) is 13.2. The van der Waals surface area contributed by atoms with Crippen LogP contribution in [0, 0.1) is 0 Å². The maximum Gasteiger partial charge on any atom is 0.250 e. The van der Waals surface area contributed by atoms with Crippen molar-refractivity contribution >= 4 is 46.6 Å². The van der Waals surface area contributed by atoms with Crippen molar-refractivity contribution in [3.8, 4) is 0 Å². The number of nitrogens with zero attached hydrogens (tertiary/aromatic N) is 7. The minimum Gasteiger partial charge on any atom is -0.378 e. The van der Waals surface area contributed by atoms with Gasteiger partial charge in [0.2, 0.25) is 17.8 Å². The summed E-state index contributed by atoms with van der Waals surface area (Å²) in [5.74, 6) is 1.82. The van der Waals surface area contributed by atoms with Crippen LogP contribution in [0.15, 0.2) is 59.8 Å². The Bertz CT molecular complexity index is 1370. The van der Waals surface area contributed by atoms with E-state index >= 15 is 0 Å². The van der Waals surface area contributed by atoms with Gasteiger partial charge in [-0.1, -0.05) is 41.9 Å². The molecule has 2 aromatic heterocycles. The average Bonchev–Trinajstić information content (AvgIpc) is 3.32. The Labute approximate surface area is 227 Å². The fourth-order valence-corrected chi connectivity index (χ4v) is 5.12. The molecule has 4 heterocycles. The highest BCUT2D eigenvalue weighted by atomic mass is 35.5. The summed E-state index contributed by atoms with van der Waals surface area (Å²) in [4.78, 5) is 18.6. The third-order valence-electron chi connectivity index (χ3n) is 7.00. The van der Waals surface area contributed by atoms with Crippen LogP contribution in [0.3, 0.4) is 0 Å². The maximum absolute atomic E-state index is 6.07. The molecule has 10 heteroatoms. The minimum atomic E-state index is 0.447. The van der Waals surface area contributed by atoms with E-state index in [-0.39, 0.29) is 0 Å². The third kappa shape index (κ3) is 5.58. The summed E-state index contributed by atoms with van der Waals surface area (Å²) in [5, 5.41) is 6.42. The molecule has 2 aromatic carbocycles. The van der Waals surface area contributed by atoms with Crippen molar-refractivity contribution in [1.29, 1.82) is 0 Å². The molecule has 1 N–H and O–H groups in total. The second kappa shape index (κ2) is 11.4. The number of halogens is 1. The van der Waals surface area contributed by atoms with Crippen LogP contribution in [0.25, 0.3) is 10.9 Å². The van der Waals surface area contributed by atoms with Crippen molar-refractivity contribution in [3.63, 3.8) is 0 Å². The molecule has 0 radical (unpaired) electrons. The quantitative estimate of drug-likeness (QED) is 0.271. The van der Waals surface area contributed by atoms with E-state index in [1.807, 2.05) is 24.4 Å². The molecule has 6 rings (SSSR count). The lowest BCUT2D eigenvalue weighted by Crippen LogP contribution is -2.38. The number of morpholine rings is 1. The molecule has 2 aliphatic heterocycles. The standard InChI is InChI=1S/C28H31ClN8O/c29-23-10-8-21(9-11-23)19-37-20-22(24-6-2-3-7-25(24)37)18-30-34-26-31-27(35-12-4-1-5-13-35)33-28(32-26)36-14-16-38-17-15-36/h2-3,6-11,18,20H,1,4-5,12-17,19H2,(H,31,32,33,34)/b30-18-. The molecule has 0 spiro atoms. The molecule has 0 bridgehead atoms. The SMILES string of the molecule is Clc1ccc(Cn2cc(/C=N\Nc3nc(N4CCCCC4)nc(N4CCOCC4)n3)c3ccccc32)cc1. The zero-order chi connectivity index (χ0) is 25.7. The number of anilines is 3. The summed E-state index contributed by atoms with van der Waals surface area (Å²) in [7, 11) is 0. The molecule has 9 nitrogen and oxygen atoms in total. The van der Waals surface area contributed by atoms with Crippen molar-refractivity contribution in [2.75, 3.05) is 54.6 Å². The molecule has 0 unspecified atom stereocenters. The van der Waals surface area contributed by atoms with Gasteiger partial charge in [0.1, 0.15) is 0 Å². The summed E-state index contributed by atoms with van der Waals surface area (Å²) in [6.07, 6.45) is 7.51. The minimum absolute atomic E-state index is 0.447. The van der Waals surface area contributed by atoms with Gasteiger partial charge in [-0.2, -0.15) is 20.1 Å². The summed E-state index contributed by atoms with van der Waals surface area (Å²) in [6, 6.07) is 16.3. The number of hydrazone groups is 1. The van der Waals surface area contributed by atoms with Gasteiger partial charge in [-0.05, 0) is 43.0 Å². The molecule has 0 aliphatic carbocycles. The maximum atomic E-state index is 6.07. The van der Waals surface area contributed by atoms with E-state index in [0.717, 1.165) is 67.1 Å². The number of nitrogens with one attached hydrogen (secondary N) is 1. The highest BCUT2D eigenvalue weighted by Gasteiger charge is 2.20. The molecule has 2 aliphatic rings. The van der Waals surface area contributed by atoms with E-state index in [4.69, 9.17) is 31.3 Å². The van der Waals surface area contributed by atoms with Crippen LogP contribution in [-0.2, 0) is 11.3 Å². The molecule has 2 saturated heterocycles. The summed E-state index contributed by atoms with van der Waals surface area (Å²) < 4.78 is 7.75. The van der Waals surface area contributed by atoms with Crippen molar-refractivity contribution < 1.29 is 4.74 Å².